The zero-order valence-electron chi connectivity index (χ0n) is 13.1. The molecule has 0 radical (unpaired) electrons. The van der Waals surface area contributed by atoms with Gasteiger partial charge in [-0.25, -0.2) is 0 Å². The molecule has 0 saturated heterocycles. The summed E-state index contributed by atoms with van der Waals surface area (Å²) in [7, 11) is 1.37. The molecular formula is C17H18F3NO2. The van der Waals surface area contributed by atoms with E-state index in [0.717, 1.165) is 12.1 Å². The molecule has 1 aromatic rings. The number of amides is 1. The van der Waals surface area contributed by atoms with Gasteiger partial charge in [0, 0.05) is 6.08 Å². The Hall–Kier alpha value is -2.50. The first-order chi connectivity index (χ1) is 10.8. The van der Waals surface area contributed by atoms with Crippen molar-refractivity contribution in [2.45, 2.75) is 20.0 Å². The molecule has 0 fully saturated rings. The number of anilines is 1. The molecule has 0 aliphatic rings. The molecule has 0 bridgehead atoms. The van der Waals surface area contributed by atoms with E-state index in [-0.39, 0.29) is 11.4 Å². The Morgan fingerprint density at radius 2 is 1.96 bits per heavy atom. The van der Waals surface area contributed by atoms with Gasteiger partial charge < -0.3 is 10.1 Å². The molecule has 1 amide bonds. The molecular weight excluding hydrogens is 307 g/mol. The lowest BCUT2D eigenvalue weighted by atomic mass is 10.1. The second-order valence-corrected chi connectivity index (χ2v) is 4.67. The number of benzene rings is 1. The predicted octanol–water partition coefficient (Wildman–Crippen LogP) is 4.61. The summed E-state index contributed by atoms with van der Waals surface area (Å²) in [5, 5.41) is 2.23. The van der Waals surface area contributed by atoms with Gasteiger partial charge in [0.15, 0.2) is 0 Å². The van der Waals surface area contributed by atoms with Gasteiger partial charge in [-0.15, -0.1) is 0 Å². The zero-order valence-corrected chi connectivity index (χ0v) is 13.1. The highest BCUT2D eigenvalue weighted by atomic mass is 19.4. The van der Waals surface area contributed by atoms with Crippen LogP contribution in [0.4, 0.5) is 18.9 Å². The summed E-state index contributed by atoms with van der Waals surface area (Å²) in [6.45, 7) is 3.37. The van der Waals surface area contributed by atoms with E-state index in [2.05, 4.69) is 5.32 Å². The minimum absolute atomic E-state index is 0.223. The number of hydrogen-bond donors (Lipinski definition) is 1. The van der Waals surface area contributed by atoms with Crippen LogP contribution in [0, 0.1) is 6.92 Å². The van der Waals surface area contributed by atoms with Crippen LogP contribution in [0.1, 0.15) is 18.1 Å². The van der Waals surface area contributed by atoms with Crippen LogP contribution < -0.4 is 5.32 Å². The van der Waals surface area contributed by atoms with E-state index in [1.165, 1.54) is 25.3 Å². The van der Waals surface area contributed by atoms with Crippen molar-refractivity contribution < 1.29 is 22.7 Å². The third-order valence-corrected chi connectivity index (χ3v) is 2.81. The Morgan fingerprint density at radius 1 is 1.26 bits per heavy atom. The Bertz CT molecular complexity index is 644. The first-order valence-electron chi connectivity index (χ1n) is 6.81. The maximum atomic E-state index is 13.0. The molecule has 0 aromatic heterocycles. The summed E-state index contributed by atoms with van der Waals surface area (Å²) in [5.74, 6) is -0.484. The molecule has 0 aliphatic carbocycles. The second kappa shape index (κ2) is 8.22. The summed E-state index contributed by atoms with van der Waals surface area (Å²) in [6, 6.07) is 3.71. The largest absolute Gasteiger partial charge is 0.497 e. The highest BCUT2D eigenvalue weighted by molar-refractivity contribution is 6.00. The van der Waals surface area contributed by atoms with Crippen LogP contribution >= 0.6 is 0 Å². The fourth-order valence-corrected chi connectivity index (χ4v) is 1.74. The topological polar surface area (TPSA) is 38.3 Å². The van der Waals surface area contributed by atoms with Gasteiger partial charge in [0.1, 0.15) is 5.76 Å². The van der Waals surface area contributed by atoms with Crippen LogP contribution in [-0.4, -0.2) is 13.0 Å². The van der Waals surface area contributed by atoms with Gasteiger partial charge in [0.25, 0.3) is 5.91 Å². The minimum atomic E-state index is -4.55. The SMILES string of the molecule is C\C=C/C=C\C(=C\C(=O)Nc1ccc(C)cc1C(F)(F)F)OC. The summed E-state index contributed by atoms with van der Waals surface area (Å²) in [6.07, 6.45) is 3.22. The van der Waals surface area contributed by atoms with E-state index < -0.39 is 17.6 Å². The van der Waals surface area contributed by atoms with Gasteiger partial charge in [-0.1, -0.05) is 29.9 Å². The lowest BCUT2D eigenvalue weighted by molar-refractivity contribution is -0.137. The summed E-state index contributed by atoms with van der Waals surface area (Å²) >= 11 is 0. The summed E-state index contributed by atoms with van der Waals surface area (Å²) in [4.78, 5) is 11.9. The van der Waals surface area contributed by atoms with Crippen LogP contribution in [0.2, 0.25) is 0 Å². The van der Waals surface area contributed by atoms with Gasteiger partial charge in [-0.2, -0.15) is 13.2 Å². The fourth-order valence-electron chi connectivity index (χ4n) is 1.74. The number of alkyl halides is 3. The lowest BCUT2D eigenvalue weighted by Crippen LogP contribution is -2.15. The third-order valence-electron chi connectivity index (χ3n) is 2.81. The number of aryl methyl sites for hydroxylation is 1. The molecule has 0 unspecified atom stereocenters. The summed E-state index contributed by atoms with van der Waals surface area (Å²) in [5.41, 5.74) is -0.724. The quantitative estimate of drug-likeness (QED) is 0.487. The van der Waals surface area contributed by atoms with E-state index in [1.54, 1.807) is 25.2 Å². The highest BCUT2D eigenvalue weighted by Gasteiger charge is 2.33. The zero-order chi connectivity index (χ0) is 17.5. The van der Waals surface area contributed by atoms with E-state index in [0.29, 0.717) is 5.56 Å². The Morgan fingerprint density at radius 3 is 2.52 bits per heavy atom. The molecule has 1 rings (SSSR count). The number of carbonyl (C=O) groups is 1. The molecule has 0 spiro atoms. The number of methoxy groups -OCH3 is 1. The molecule has 3 nitrogen and oxygen atoms in total. The highest BCUT2D eigenvalue weighted by Crippen LogP contribution is 2.35. The van der Waals surface area contributed by atoms with Gasteiger partial charge in [0.05, 0.1) is 18.4 Å². The van der Waals surface area contributed by atoms with E-state index in [9.17, 15) is 18.0 Å². The van der Waals surface area contributed by atoms with Crippen molar-refractivity contribution in [2.24, 2.45) is 0 Å². The van der Waals surface area contributed by atoms with Crippen molar-refractivity contribution >= 4 is 11.6 Å². The van der Waals surface area contributed by atoms with Crippen molar-refractivity contribution in [1.82, 2.24) is 0 Å². The van der Waals surface area contributed by atoms with E-state index >= 15 is 0 Å². The maximum Gasteiger partial charge on any atom is 0.418 e. The van der Waals surface area contributed by atoms with Crippen molar-refractivity contribution in [2.75, 3.05) is 12.4 Å². The minimum Gasteiger partial charge on any atom is -0.497 e. The Labute approximate surface area is 133 Å². The standard InChI is InChI=1S/C17H18F3NO2/c1-4-5-6-7-13(23-3)11-16(22)21-15-9-8-12(2)10-14(15)17(18,19)20/h4-11H,1-3H3,(H,21,22)/b5-4-,7-6-,13-11-. The van der Waals surface area contributed by atoms with E-state index in [4.69, 9.17) is 4.74 Å². The molecule has 6 heteroatoms. The third kappa shape index (κ3) is 6.02. The lowest BCUT2D eigenvalue weighted by Gasteiger charge is -2.14. The average Bonchev–Trinajstić information content (AvgIpc) is 2.47. The van der Waals surface area contributed by atoms with Crippen LogP contribution in [0.15, 0.2) is 54.3 Å². The first-order valence-corrected chi connectivity index (χ1v) is 6.81. The van der Waals surface area contributed by atoms with Gasteiger partial charge in [-0.05, 0) is 32.1 Å². The molecule has 0 atom stereocenters. The van der Waals surface area contributed by atoms with Crippen LogP contribution in [0.3, 0.4) is 0 Å². The number of carbonyl (C=O) groups excluding carboxylic acids is 1. The number of allylic oxidation sites excluding steroid dienone is 4. The number of halogens is 3. The van der Waals surface area contributed by atoms with Gasteiger partial charge in [-0.3, -0.25) is 4.79 Å². The molecule has 1 aromatic carbocycles. The number of ether oxygens (including phenoxy) is 1. The second-order valence-electron chi connectivity index (χ2n) is 4.67. The van der Waals surface area contributed by atoms with Gasteiger partial charge in [0.2, 0.25) is 0 Å². The van der Waals surface area contributed by atoms with Crippen molar-refractivity contribution in [3.63, 3.8) is 0 Å². The monoisotopic (exact) mass is 325 g/mol. The maximum absolute atomic E-state index is 13.0. The van der Waals surface area contributed by atoms with Gasteiger partial charge >= 0.3 is 6.18 Å². The normalized spacial score (nSPS) is 12.9. The van der Waals surface area contributed by atoms with E-state index in [1.807, 2.05) is 6.92 Å². The smallest absolute Gasteiger partial charge is 0.418 e. The number of hydrogen-bond acceptors (Lipinski definition) is 2. The molecule has 0 heterocycles. The summed E-state index contributed by atoms with van der Waals surface area (Å²) < 4.78 is 44.0. The molecule has 1 N–H and O–H groups in total. The molecule has 0 saturated carbocycles. The van der Waals surface area contributed by atoms with Crippen molar-refractivity contribution in [1.29, 1.82) is 0 Å². The number of nitrogens with one attached hydrogen (secondary N) is 1. The van der Waals surface area contributed by atoms with Crippen LogP contribution in [0.25, 0.3) is 0 Å². The Kier molecular flexibility index (Phi) is 6.63. The predicted molar refractivity (Wildman–Crippen MR) is 83.9 cm³/mol. The Balaban J connectivity index is 3.01. The molecule has 23 heavy (non-hydrogen) atoms. The fraction of sp³-hybridized carbons (Fsp3) is 0.235. The van der Waals surface area contributed by atoms with Crippen molar-refractivity contribution in [3.8, 4) is 0 Å². The van der Waals surface area contributed by atoms with Crippen molar-refractivity contribution in [3.05, 3.63) is 65.5 Å². The average molecular weight is 325 g/mol. The first kappa shape index (κ1) is 18.5. The van der Waals surface area contributed by atoms with Crippen LogP contribution in [0.5, 0.6) is 0 Å². The van der Waals surface area contributed by atoms with Crippen LogP contribution in [-0.2, 0) is 15.7 Å². The molecule has 124 valence electrons. The molecule has 0 aliphatic heterocycles. The number of rotatable bonds is 5.